The fraction of sp³-hybridized carbons (Fsp3) is 0.296. The summed E-state index contributed by atoms with van der Waals surface area (Å²) in [4.78, 5) is 25.9. The van der Waals surface area contributed by atoms with Crippen LogP contribution in [-0.4, -0.2) is 58.9 Å². The molecule has 0 aliphatic heterocycles. The third kappa shape index (κ3) is 5.25. The molecule has 0 aliphatic carbocycles. The number of rotatable bonds is 7. The number of amides is 1. The Balaban J connectivity index is 1.69. The van der Waals surface area contributed by atoms with Crippen LogP contribution in [0.1, 0.15) is 20.8 Å². The van der Waals surface area contributed by atoms with Gasteiger partial charge in [0.1, 0.15) is 18.0 Å². The quantitative estimate of drug-likeness (QED) is 0.357. The Kier molecular flexibility index (Phi) is 7.10. The maximum atomic E-state index is 14.6. The molecule has 1 aromatic carbocycles. The normalized spacial score (nSPS) is 11.4. The maximum absolute atomic E-state index is 14.6. The molecule has 4 aromatic rings. The molecule has 0 radical (unpaired) electrons. The second kappa shape index (κ2) is 10.2. The fourth-order valence-electron chi connectivity index (χ4n) is 3.82. The van der Waals surface area contributed by atoms with E-state index in [0.29, 0.717) is 40.2 Å². The standard InChI is InChI=1S/C27H29FN4O4/c1-27(2,3)36-26(33)32(4)14-15-35-21-16-29-13-11-17(21)23-22(24-20(31-23)10-7-12-30-24)18-8-6-9-19(28)25(18)34-5/h6-13,16,31H,14-15H2,1-5H3. The summed E-state index contributed by atoms with van der Waals surface area (Å²) in [6.07, 6.45) is 4.51. The molecule has 0 atom stereocenters. The van der Waals surface area contributed by atoms with Crippen molar-refractivity contribution in [2.24, 2.45) is 0 Å². The number of pyridine rings is 2. The average molecular weight is 493 g/mol. The lowest BCUT2D eigenvalue weighted by Crippen LogP contribution is -2.36. The summed E-state index contributed by atoms with van der Waals surface area (Å²) < 4.78 is 31.5. The number of likely N-dealkylation sites (N-methyl/N-ethyl adjacent to an activating group) is 1. The molecule has 0 aliphatic rings. The van der Waals surface area contributed by atoms with Crippen LogP contribution in [0.3, 0.4) is 0 Å². The molecule has 3 heterocycles. The monoisotopic (exact) mass is 492 g/mol. The maximum Gasteiger partial charge on any atom is 0.410 e. The number of para-hydroxylation sites is 1. The third-order valence-electron chi connectivity index (χ3n) is 5.44. The molecule has 0 saturated heterocycles. The molecule has 9 heteroatoms. The molecule has 1 amide bonds. The van der Waals surface area contributed by atoms with Crippen LogP contribution in [0.5, 0.6) is 11.5 Å². The summed E-state index contributed by atoms with van der Waals surface area (Å²) in [5.74, 6) is 0.154. The van der Waals surface area contributed by atoms with Gasteiger partial charge in [-0.15, -0.1) is 0 Å². The van der Waals surface area contributed by atoms with Gasteiger partial charge in [-0.1, -0.05) is 12.1 Å². The molecule has 0 bridgehead atoms. The molecule has 0 saturated carbocycles. The summed E-state index contributed by atoms with van der Waals surface area (Å²) in [7, 11) is 3.09. The molecule has 0 fully saturated rings. The van der Waals surface area contributed by atoms with Crippen LogP contribution >= 0.6 is 0 Å². The van der Waals surface area contributed by atoms with Gasteiger partial charge in [0.05, 0.1) is 36.6 Å². The van der Waals surface area contributed by atoms with E-state index in [9.17, 15) is 9.18 Å². The molecule has 0 spiro atoms. The van der Waals surface area contributed by atoms with Crippen molar-refractivity contribution >= 4 is 17.1 Å². The van der Waals surface area contributed by atoms with Crippen molar-refractivity contribution in [3.8, 4) is 33.9 Å². The van der Waals surface area contributed by atoms with Crippen molar-refractivity contribution in [2.45, 2.75) is 26.4 Å². The molecule has 1 N–H and O–H groups in total. The predicted octanol–water partition coefficient (Wildman–Crippen LogP) is 5.69. The van der Waals surface area contributed by atoms with E-state index in [-0.39, 0.29) is 12.4 Å². The minimum absolute atomic E-state index is 0.126. The summed E-state index contributed by atoms with van der Waals surface area (Å²) in [6, 6.07) is 10.3. The Morgan fingerprint density at radius 2 is 1.92 bits per heavy atom. The minimum atomic E-state index is -0.583. The summed E-state index contributed by atoms with van der Waals surface area (Å²) in [5.41, 5.74) is 3.51. The van der Waals surface area contributed by atoms with E-state index in [0.717, 1.165) is 5.52 Å². The van der Waals surface area contributed by atoms with Gasteiger partial charge in [-0.3, -0.25) is 9.97 Å². The third-order valence-corrected chi connectivity index (χ3v) is 5.44. The van der Waals surface area contributed by atoms with Crippen LogP contribution < -0.4 is 9.47 Å². The fourth-order valence-corrected chi connectivity index (χ4v) is 3.82. The van der Waals surface area contributed by atoms with Gasteiger partial charge in [-0.25, -0.2) is 9.18 Å². The molecule has 3 aromatic heterocycles. The van der Waals surface area contributed by atoms with Crippen LogP contribution in [0, 0.1) is 5.82 Å². The number of carbonyl (C=O) groups excluding carboxylic acids is 1. The van der Waals surface area contributed by atoms with Crippen molar-refractivity contribution < 1.29 is 23.4 Å². The summed E-state index contributed by atoms with van der Waals surface area (Å²) in [5, 5.41) is 0. The highest BCUT2D eigenvalue weighted by Gasteiger charge is 2.23. The van der Waals surface area contributed by atoms with Crippen molar-refractivity contribution in [3.63, 3.8) is 0 Å². The predicted molar refractivity (Wildman–Crippen MR) is 136 cm³/mol. The zero-order chi connectivity index (χ0) is 25.9. The van der Waals surface area contributed by atoms with E-state index in [2.05, 4.69) is 15.0 Å². The number of ether oxygens (including phenoxy) is 3. The Labute approximate surface area is 209 Å². The van der Waals surface area contributed by atoms with E-state index in [4.69, 9.17) is 14.2 Å². The topological polar surface area (TPSA) is 89.6 Å². The number of fused-ring (bicyclic) bond motifs is 1. The first kappa shape index (κ1) is 25.0. The largest absolute Gasteiger partial charge is 0.493 e. The number of halogens is 1. The van der Waals surface area contributed by atoms with Crippen molar-refractivity contribution in [2.75, 3.05) is 27.3 Å². The van der Waals surface area contributed by atoms with Crippen LogP contribution in [0.2, 0.25) is 0 Å². The van der Waals surface area contributed by atoms with Crippen LogP contribution in [0.25, 0.3) is 33.4 Å². The molecular formula is C27H29FN4O4. The van der Waals surface area contributed by atoms with Crippen molar-refractivity contribution in [1.29, 1.82) is 0 Å². The number of methoxy groups -OCH3 is 1. The number of nitrogens with zero attached hydrogens (tertiary/aromatic N) is 3. The van der Waals surface area contributed by atoms with Gasteiger partial charge in [0.25, 0.3) is 0 Å². The van der Waals surface area contributed by atoms with Crippen LogP contribution in [0.15, 0.2) is 55.0 Å². The number of aromatic amines is 1. The number of hydrogen-bond donors (Lipinski definition) is 1. The molecule has 36 heavy (non-hydrogen) atoms. The Morgan fingerprint density at radius 1 is 1.11 bits per heavy atom. The molecule has 8 nitrogen and oxygen atoms in total. The molecule has 0 unspecified atom stereocenters. The van der Waals surface area contributed by atoms with Crippen LogP contribution in [0.4, 0.5) is 9.18 Å². The number of aromatic nitrogens is 3. The SMILES string of the molecule is COc1c(F)cccc1-c1c(-c2ccncc2OCCN(C)C(=O)OC(C)(C)C)[nH]c2cccnc12. The van der Waals surface area contributed by atoms with Gasteiger partial charge in [-0.05, 0) is 45.0 Å². The first-order valence-corrected chi connectivity index (χ1v) is 11.5. The van der Waals surface area contributed by atoms with E-state index in [1.807, 2.05) is 39.0 Å². The first-order chi connectivity index (χ1) is 17.2. The first-order valence-electron chi connectivity index (χ1n) is 11.5. The van der Waals surface area contributed by atoms with E-state index < -0.39 is 17.5 Å². The molecular weight excluding hydrogens is 463 g/mol. The van der Waals surface area contributed by atoms with Gasteiger partial charge in [-0.2, -0.15) is 0 Å². The van der Waals surface area contributed by atoms with Gasteiger partial charge in [0.2, 0.25) is 0 Å². The number of hydrogen-bond acceptors (Lipinski definition) is 6. The summed E-state index contributed by atoms with van der Waals surface area (Å²) in [6.45, 7) is 5.97. The highest BCUT2D eigenvalue weighted by atomic mass is 19.1. The number of H-pyrrole nitrogens is 1. The van der Waals surface area contributed by atoms with Crippen molar-refractivity contribution in [1.82, 2.24) is 19.9 Å². The highest BCUT2D eigenvalue weighted by Crippen LogP contribution is 2.44. The zero-order valence-corrected chi connectivity index (χ0v) is 21.0. The lowest BCUT2D eigenvalue weighted by atomic mass is 9.99. The van der Waals surface area contributed by atoms with Gasteiger partial charge in [0, 0.05) is 36.1 Å². The molecule has 188 valence electrons. The second-order valence-electron chi connectivity index (χ2n) is 9.22. The van der Waals surface area contributed by atoms with E-state index >= 15 is 0 Å². The lowest BCUT2D eigenvalue weighted by Gasteiger charge is -2.24. The van der Waals surface area contributed by atoms with E-state index in [1.54, 1.807) is 37.8 Å². The lowest BCUT2D eigenvalue weighted by molar-refractivity contribution is 0.0278. The number of benzene rings is 1. The Bertz CT molecular complexity index is 1380. The average Bonchev–Trinajstić information content (AvgIpc) is 3.22. The smallest absolute Gasteiger partial charge is 0.410 e. The van der Waals surface area contributed by atoms with Gasteiger partial charge < -0.3 is 24.1 Å². The Morgan fingerprint density at radius 3 is 2.67 bits per heavy atom. The number of carbonyl (C=O) groups is 1. The van der Waals surface area contributed by atoms with Crippen molar-refractivity contribution in [3.05, 3.63) is 60.8 Å². The second-order valence-corrected chi connectivity index (χ2v) is 9.22. The Hall–Kier alpha value is -4.14. The highest BCUT2D eigenvalue weighted by molar-refractivity contribution is 6.03. The van der Waals surface area contributed by atoms with Gasteiger partial charge >= 0.3 is 6.09 Å². The zero-order valence-electron chi connectivity index (χ0n) is 21.0. The van der Waals surface area contributed by atoms with Crippen LogP contribution in [-0.2, 0) is 4.74 Å². The minimum Gasteiger partial charge on any atom is -0.493 e. The number of nitrogens with one attached hydrogen (secondary N) is 1. The summed E-state index contributed by atoms with van der Waals surface area (Å²) >= 11 is 0. The molecule has 4 rings (SSSR count). The van der Waals surface area contributed by atoms with E-state index in [1.165, 1.54) is 18.1 Å². The van der Waals surface area contributed by atoms with Gasteiger partial charge in [0.15, 0.2) is 11.6 Å².